The first-order valence-electron chi connectivity index (χ1n) is 9.74. The normalized spacial score (nSPS) is 38.9. The van der Waals surface area contributed by atoms with Crippen molar-refractivity contribution in [3.05, 3.63) is 0 Å². The van der Waals surface area contributed by atoms with E-state index in [0.717, 1.165) is 29.6 Å². The Morgan fingerprint density at radius 2 is 1.45 bits per heavy atom. The lowest BCUT2D eigenvalue weighted by Gasteiger charge is -2.42. The molecule has 0 heteroatoms. The molecule has 0 amide bonds. The first-order chi connectivity index (χ1) is 9.74. The molecule has 3 atom stereocenters. The predicted molar refractivity (Wildman–Crippen MR) is 89.9 cm³/mol. The standard InChI is InChI=1S/C20H38/c1-4-6-8-18-11-14-20(16(3)15-18)19-12-9-17(7-5-2)10-13-19/h16-20H,4-15H2,1-3H3. The zero-order valence-corrected chi connectivity index (χ0v) is 14.4. The van der Waals surface area contributed by atoms with Crippen LogP contribution in [0, 0.1) is 29.6 Å². The van der Waals surface area contributed by atoms with Crippen LogP contribution in [0.1, 0.15) is 97.8 Å². The molecule has 0 heterocycles. The van der Waals surface area contributed by atoms with E-state index in [4.69, 9.17) is 0 Å². The Balaban J connectivity index is 1.74. The average Bonchev–Trinajstić information content (AvgIpc) is 2.47. The van der Waals surface area contributed by atoms with Crippen molar-refractivity contribution in [2.45, 2.75) is 97.8 Å². The molecule has 2 aliphatic rings. The summed E-state index contributed by atoms with van der Waals surface area (Å²) in [5, 5.41) is 0. The van der Waals surface area contributed by atoms with Gasteiger partial charge in [-0.3, -0.25) is 0 Å². The van der Waals surface area contributed by atoms with Crippen molar-refractivity contribution >= 4 is 0 Å². The number of hydrogen-bond acceptors (Lipinski definition) is 0. The Bertz CT molecular complexity index is 249. The molecule has 0 aromatic heterocycles. The maximum absolute atomic E-state index is 2.57. The summed E-state index contributed by atoms with van der Waals surface area (Å²) in [5.74, 6) is 5.32. The van der Waals surface area contributed by atoms with Crippen LogP contribution in [0.5, 0.6) is 0 Å². The lowest BCUT2D eigenvalue weighted by atomic mass is 9.64. The van der Waals surface area contributed by atoms with Crippen LogP contribution in [0.15, 0.2) is 0 Å². The molecule has 0 saturated heterocycles. The van der Waals surface area contributed by atoms with E-state index < -0.39 is 0 Å². The van der Waals surface area contributed by atoms with Gasteiger partial charge in [-0.15, -0.1) is 0 Å². The second kappa shape index (κ2) is 8.44. The summed E-state index contributed by atoms with van der Waals surface area (Å²) in [6.45, 7) is 7.26. The van der Waals surface area contributed by atoms with E-state index in [2.05, 4.69) is 20.8 Å². The fourth-order valence-corrected chi connectivity index (χ4v) is 5.30. The highest BCUT2D eigenvalue weighted by atomic mass is 14.4. The molecule has 2 fully saturated rings. The molecule has 2 rings (SSSR count). The average molecular weight is 279 g/mol. The third-order valence-corrected chi connectivity index (χ3v) is 6.50. The topological polar surface area (TPSA) is 0 Å². The zero-order chi connectivity index (χ0) is 14.4. The van der Waals surface area contributed by atoms with Crippen LogP contribution in [-0.2, 0) is 0 Å². The molecule has 0 bridgehead atoms. The lowest BCUT2D eigenvalue weighted by molar-refractivity contribution is 0.0923. The molecule has 0 radical (unpaired) electrons. The van der Waals surface area contributed by atoms with Gasteiger partial charge in [-0.25, -0.2) is 0 Å². The Morgan fingerprint density at radius 3 is 2.05 bits per heavy atom. The molecule has 2 aliphatic carbocycles. The van der Waals surface area contributed by atoms with Gasteiger partial charge in [-0.05, 0) is 55.3 Å². The van der Waals surface area contributed by atoms with Crippen LogP contribution < -0.4 is 0 Å². The highest BCUT2D eigenvalue weighted by Gasteiger charge is 2.34. The highest BCUT2D eigenvalue weighted by molar-refractivity contribution is 4.85. The van der Waals surface area contributed by atoms with E-state index in [9.17, 15) is 0 Å². The van der Waals surface area contributed by atoms with Crippen molar-refractivity contribution in [3.63, 3.8) is 0 Å². The molecule has 118 valence electrons. The summed E-state index contributed by atoms with van der Waals surface area (Å²) in [6.07, 6.45) is 18.1. The molecule has 0 aliphatic heterocycles. The molecular formula is C20H38. The van der Waals surface area contributed by atoms with E-state index in [1.807, 2.05) is 0 Å². The predicted octanol–water partition coefficient (Wildman–Crippen LogP) is 6.84. The number of rotatable bonds is 6. The molecule has 3 unspecified atom stereocenters. The first kappa shape index (κ1) is 16.4. The van der Waals surface area contributed by atoms with Crippen molar-refractivity contribution < 1.29 is 0 Å². The second-order valence-electron chi connectivity index (χ2n) is 8.03. The monoisotopic (exact) mass is 278 g/mol. The maximum Gasteiger partial charge on any atom is -0.0360 e. The first-order valence-corrected chi connectivity index (χ1v) is 9.74. The molecular weight excluding hydrogens is 240 g/mol. The molecule has 0 aromatic carbocycles. The van der Waals surface area contributed by atoms with Gasteiger partial charge in [0.2, 0.25) is 0 Å². The molecule has 0 nitrogen and oxygen atoms in total. The van der Waals surface area contributed by atoms with E-state index in [1.165, 1.54) is 32.1 Å². The van der Waals surface area contributed by atoms with E-state index in [1.54, 1.807) is 44.9 Å². The molecule has 2 saturated carbocycles. The van der Waals surface area contributed by atoms with Crippen molar-refractivity contribution in [2.24, 2.45) is 29.6 Å². The van der Waals surface area contributed by atoms with Crippen molar-refractivity contribution in [2.75, 3.05) is 0 Å². The van der Waals surface area contributed by atoms with Gasteiger partial charge in [0.05, 0.1) is 0 Å². The van der Waals surface area contributed by atoms with Crippen LogP contribution in [0.2, 0.25) is 0 Å². The second-order valence-corrected chi connectivity index (χ2v) is 8.03. The largest absolute Gasteiger partial charge is 0.0654 e. The van der Waals surface area contributed by atoms with Gasteiger partial charge < -0.3 is 0 Å². The summed E-state index contributed by atoms with van der Waals surface area (Å²) in [7, 11) is 0. The van der Waals surface area contributed by atoms with Crippen molar-refractivity contribution in [1.82, 2.24) is 0 Å². The zero-order valence-electron chi connectivity index (χ0n) is 14.4. The SMILES string of the molecule is CCCCC1CCC(C2CCC(CCC)CC2)C(C)C1. The summed E-state index contributed by atoms with van der Waals surface area (Å²) in [4.78, 5) is 0. The van der Waals surface area contributed by atoms with Gasteiger partial charge in [0.15, 0.2) is 0 Å². The summed E-state index contributed by atoms with van der Waals surface area (Å²) < 4.78 is 0. The van der Waals surface area contributed by atoms with E-state index in [0.29, 0.717) is 0 Å². The fraction of sp³-hybridized carbons (Fsp3) is 1.00. The summed E-state index contributed by atoms with van der Waals surface area (Å²) in [6, 6.07) is 0. The van der Waals surface area contributed by atoms with Gasteiger partial charge in [-0.2, -0.15) is 0 Å². The Hall–Kier alpha value is 0. The van der Waals surface area contributed by atoms with Gasteiger partial charge in [0, 0.05) is 0 Å². The van der Waals surface area contributed by atoms with Crippen LogP contribution >= 0.6 is 0 Å². The van der Waals surface area contributed by atoms with Crippen LogP contribution in [0.3, 0.4) is 0 Å². The summed E-state index contributed by atoms with van der Waals surface area (Å²) in [5.41, 5.74) is 0. The van der Waals surface area contributed by atoms with Crippen LogP contribution in [0.25, 0.3) is 0 Å². The van der Waals surface area contributed by atoms with Gasteiger partial charge in [-0.1, -0.05) is 72.1 Å². The van der Waals surface area contributed by atoms with Gasteiger partial charge in [0.1, 0.15) is 0 Å². The smallest absolute Gasteiger partial charge is 0.0360 e. The number of unbranched alkanes of at least 4 members (excludes halogenated alkanes) is 1. The minimum absolute atomic E-state index is 1.01. The van der Waals surface area contributed by atoms with Crippen LogP contribution in [-0.4, -0.2) is 0 Å². The quantitative estimate of drug-likeness (QED) is 0.499. The molecule has 0 spiro atoms. The minimum atomic E-state index is 1.01. The highest BCUT2D eigenvalue weighted by Crippen LogP contribution is 2.45. The Labute approximate surface area is 128 Å². The lowest BCUT2D eigenvalue weighted by Crippen LogP contribution is -2.31. The van der Waals surface area contributed by atoms with Gasteiger partial charge >= 0.3 is 0 Å². The number of hydrogen-bond donors (Lipinski definition) is 0. The third kappa shape index (κ3) is 4.50. The third-order valence-electron chi connectivity index (χ3n) is 6.50. The Morgan fingerprint density at radius 1 is 0.750 bits per heavy atom. The Kier molecular flexibility index (Phi) is 6.91. The van der Waals surface area contributed by atoms with Crippen molar-refractivity contribution in [1.29, 1.82) is 0 Å². The molecule has 20 heavy (non-hydrogen) atoms. The van der Waals surface area contributed by atoms with Crippen LogP contribution in [0.4, 0.5) is 0 Å². The van der Waals surface area contributed by atoms with Gasteiger partial charge in [0.25, 0.3) is 0 Å². The molecule has 0 N–H and O–H groups in total. The maximum atomic E-state index is 2.57. The fourth-order valence-electron chi connectivity index (χ4n) is 5.30. The van der Waals surface area contributed by atoms with E-state index >= 15 is 0 Å². The summed E-state index contributed by atoms with van der Waals surface area (Å²) >= 11 is 0. The minimum Gasteiger partial charge on any atom is -0.0654 e. The van der Waals surface area contributed by atoms with Crippen molar-refractivity contribution in [3.8, 4) is 0 Å². The molecule has 0 aromatic rings. The van der Waals surface area contributed by atoms with E-state index in [-0.39, 0.29) is 0 Å².